The van der Waals surface area contributed by atoms with Gasteiger partial charge in [-0.15, -0.1) is 0 Å². The van der Waals surface area contributed by atoms with Crippen LogP contribution in [0.2, 0.25) is 0 Å². The molecule has 16 heavy (non-hydrogen) atoms. The molecular formula is C11H23NO3S. The lowest BCUT2D eigenvalue weighted by molar-refractivity contribution is 0.0624. The molecule has 1 aliphatic heterocycles. The number of hydrogen-bond acceptors (Lipinski definition) is 4. The Morgan fingerprint density at radius 1 is 1.50 bits per heavy atom. The Labute approximate surface area is 98.7 Å². The van der Waals surface area contributed by atoms with E-state index in [2.05, 4.69) is 5.32 Å². The van der Waals surface area contributed by atoms with E-state index in [9.17, 15) is 8.42 Å². The molecule has 1 rings (SSSR count). The van der Waals surface area contributed by atoms with Crippen LogP contribution in [0.1, 0.15) is 26.7 Å². The summed E-state index contributed by atoms with van der Waals surface area (Å²) in [6.07, 6.45) is 1.80. The third kappa shape index (κ3) is 3.18. The van der Waals surface area contributed by atoms with Gasteiger partial charge >= 0.3 is 0 Å². The van der Waals surface area contributed by atoms with Crippen molar-refractivity contribution in [2.24, 2.45) is 5.41 Å². The lowest BCUT2D eigenvalue weighted by Crippen LogP contribution is -2.39. The molecule has 5 heteroatoms. The summed E-state index contributed by atoms with van der Waals surface area (Å²) in [6, 6.07) is 0. The van der Waals surface area contributed by atoms with Gasteiger partial charge in [-0.1, -0.05) is 6.92 Å². The Balaban J connectivity index is 2.65. The Kier molecular flexibility index (Phi) is 4.76. The molecule has 2 atom stereocenters. The van der Waals surface area contributed by atoms with Crippen LogP contribution in [0.3, 0.4) is 0 Å². The largest absolute Gasteiger partial charge is 0.378 e. The summed E-state index contributed by atoms with van der Waals surface area (Å²) in [6.45, 7) is 5.32. The first-order valence-electron chi connectivity index (χ1n) is 5.92. The summed E-state index contributed by atoms with van der Waals surface area (Å²) in [5.41, 5.74) is -0.00299. The second kappa shape index (κ2) is 5.47. The summed E-state index contributed by atoms with van der Waals surface area (Å²) in [5.74, 6) is 0.511. The smallest absolute Gasteiger partial charge is 0.150 e. The minimum atomic E-state index is -2.87. The summed E-state index contributed by atoms with van der Waals surface area (Å²) < 4.78 is 28.7. The van der Waals surface area contributed by atoms with Crippen LogP contribution in [0.5, 0.6) is 0 Å². The minimum Gasteiger partial charge on any atom is -0.378 e. The van der Waals surface area contributed by atoms with E-state index in [-0.39, 0.29) is 23.0 Å². The minimum absolute atomic E-state index is 0.00299. The first kappa shape index (κ1) is 13.9. The van der Waals surface area contributed by atoms with Crippen molar-refractivity contribution in [3.8, 4) is 0 Å². The normalized spacial score (nSPS) is 30.8. The lowest BCUT2D eigenvalue weighted by atomic mass is 9.79. The predicted octanol–water partition coefficient (Wildman–Crippen LogP) is 0.826. The second-order valence-electron chi connectivity index (χ2n) is 4.64. The highest BCUT2D eigenvalue weighted by Crippen LogP contribution is 2.38. The van der Waals surface area contributed by atoms with E-state index in [1.807, 2.05) is 14.0 Å². The van der Waals surface area contributed by atoms with E-state index < -0.39 is 9.84 Å². The average molecular weight is 249 g/mol. The highest BCUT2D eigenvalue weighted by molar-refractivity contribution is 7.91. The van der Waals surface area contributed by atoms with Crippen molar-refractivity contribution in [1.82, 2.24) is 5.32 Å². The van der Waals surface area contributed by atoms with Crippen LogP contribution in [0.4, 0.5) is 0 Å². The fourth-order valence-corrected chi connectivity index (χ4v) is 3.33. The van der Waals surface area contributed by atoms with Gasteiger partial charge in [0.2, 0.25) is 0 Å². The van der Waals surface area contributed by atoms with Crippen molar-refractivity contribution in [2.75, 3.05) is 31.7 Å². The van der Waals surface area contributed by atoms with Gasteiger partial charge in [-0.25, -0.2) is 8.42 Å². The van der Waals surface area contributed by atoms with Gasteiger partial charge in [-0.3, -0.25) is 0 Å². The Morgan fingerprint density at radius 2 is 2.19 bits per heavy atom. The SMILES string of the molecule is CCS(=O)(=O)CCC1(CNC)CCOC1C. The van der Waals surface area contributed by atoms with Crippen LogP contribution in [-0.4, -0.2) is 46.2 Å². The zero-order valence-electron chi connectivity index (χ0n) is 10.5. The molecule has 4 nitrogen and oxygen atoms in total. The van der Waals surface area contributed by atoms with Crippen LogP contribution in [0.25, 0.3) is 0 Å². The van der Waals surface area contributed by atoms with Gasteiger partial charge in [-0.2, -0.15) is 0 Å². The maximum Gasteiger partial charge on any atom is 0.150 e. The molecule has 0 aromatic heterocycles. The molecule has 1 saturated heterocycles. The van der Waals surface area contributed by atoms with Gasteiger partial charge in [0.1, 0.15) is 9.84 Å². The van der Waals surface area contributed by atoms with Crippen molar-refractivity contribution in [3.05, 3.63) is 0 Å². The van der Waals surface area contributed by atoms with Crippen molar-refractivity contribution in [3.63, 3.8) is 0 Å². The van der Waals surface area contributed by atoms with Crippen molar-refractivity contribution in [2.45, 2.75) is 32.8 Å². The van der Waals surface area contributed by atoms with Gasteiger partial charge in [0.25, 0.3) is 0 Å². The number of ether oxygens (including phenoxy) is 1. The van der Waals surface area contributed by atoms with Crippen molar-refractivity contribution >= 4 is 9.84 Å². The molecular weight excluding hydrogens is 226 g/mol. The second-order valence-corrected chi connectivity index (χ2v) is 7.11. The molecule has 1 aliphatic rings. The number of sulfone groups is 1. The van der Waals surface area contributed by atoms with Crippen molar-refractivity contribution < 1.29 is 13.2 Å². The van der Waals surface area contributed by atoms with Gasteiger partial charge in [0, 0.05) is 24.3 Å². The lowest BCUT2D eigenvalue weighted by Gasteiger charge is -2.32. The van der Waals surface area contributed by atoms with E-state index in [0.717, 1.165) is 19.6 Å². The molecule has 0 amide bonds. The third-order valence-corrected chi connectivity index (χ3v) is 5.42. The number of nitrogens with one attached hydrogen (secondary N) is 1. The van der Waals surface area contributed by atoms with Crippen LogP contribution in [0, 0.1) is 5.41 Å². The standard InChI is InChI=1S/C11H23NO3S/c1-4-16(13,14)8-6-11(9-12-3)5-7-15-10(11)2/h10,12H,4-9H2,1-3H3. The first-order chi connectivity index (χ1) is 7.46. The average Bonchev–Trinajstić information content (AvgIpc) is 2.59. The summed E-state index contributed by atoms with van der Waals surface area (Å²) in [7, 11) is -0.966. The molecule has 2 unspecified atom stereocenters. The molecule has 0 radical (unpaired) electrons. The predicted molar refractivity (Wildman–Crippen MR) is 65.3 cm³/mol. The molecule has 1 fully saturated rings. The molecule has 0 aromatic rings. The molecule has 0 saturated carbocycles. The van der Waals surface area contributed by atoms with Crippen LogP contribution in [0.15, 0.2) is 0 Å². The molecule has 0 bridgehead atoms. The van der Waals surface area contributed by atoms with Gasteiger partial charge in [0.05, 0.1) is 11.9 Å². The molecule has 1 heterocycles. The fraction of sp³-hybridized carbons (Fsp3) is 1.00. The quantitative estimate of drug-likeness (QED) is 0.757. The van der Waals surface area contributed by atoms with Crippen LogP contribution >= 0.6 is 0 Å². The summed E-state index contributed by atoms with van der Waals surface area (Å²) in [4.78, 5) is 0. The van der Waals surface area contributed by atoms with Crippen LogP contribution < -0.4 is 5.32 Å². The summed E-state index contributed by atoms with van der Waals surface area (Å²) >= 11 is 0. The molecule has 0 aliphatic carbocycles. The van der Waals surface area contributed by atoms with E-state index in [1.165, 1.54) is 0 Å². The Bertz CT molecular complexity index is 315. The fourth-order valence-electron chi connectivity index (χ4n) is 2.32. The topological polar surface area (TPSA) is 55.4 Å². The zero-order valence-corrected chi connectivity index (χ0v) is 11.3. The van der Waals surface area contributed by atoms with Gasteiger partial charge in [-0.05, 0) is 26.8 Å². The Morgan fingerprint density at radius 3 is 2.62 bits per heavy atom. The van der Waals surface area contributed by atoms with Crippen molar-refractivity contribution in [1.29, 1.82) is 0 Å². The van der Waals surface area contributed by atoms with E-state index in [1.54, 1.807) is 6.92 Å². The number of rotatable bonds is 6. The summed E-state index contributed by atoms with van der Waals surface area (Å²) in [5, 5.41) is 3.16. The van der Waals surface area contributed by atoms with E-state index in [0.29, 0.717) is 6.42 Å². The molecule has 0 spiro atoms. The van der Waals surface area contributed by atoms with E-state index >= 15 is 0 Å². The third-order valence-electron chi connectivity index (χ3n) is 3.71. The van der Waals surface area contributed by atoms with Gasteiger partial charge in [0.15, 0.2) is 0 Å². The monoisotopic (exact) mass is 249 g/mol. The first-order valence-corrected chi connectivity index (χ1v) is 7.74. The maximum absolute atomic E-state index is 11.5. The highest BCUT2D eigenvalue weighted by atomic mass is 32.2. The maximum atomic E-state index is 11.5. The van der Waals surface area contributed by atoms with E-state index in [4.69, 9.17) is 4.74 Å². The zero-order chi connectivity index (χ0) is 12.2. The van der Waals surface area contributed by atoms with Crippen LogP contribution in [-0.2, 0) is 14.6 Å². The Hall–Kier alpha value is -0.130. The molecule has 1 N–H and O–H groups in total. The highest BCUT2D eigenvalue weighted by Gasteiger charge is 2.41. The number of hydrogen-bond donors (Lipinski definition) is 1. The molecule has 96 valence electrons. The molecule has 0 aromatic carbocycles. The van der Waals surface area contributed by atoms with Gasteiger partial charge < -0.3 is 10.1 Å².